The summed E-state index contributed by atoms with van der Waals surface area (Å²) in [5.74, 6) is -0.649. The van der Waals surface area contributed by atoms with Gasteiger partial charge in [0.1, 0.15) is 5.82 Å². The smallest absolute Gasteiger partial charge is 0.338 e. The molecule has 2 aromatic rings. The van der Waals surface area contributed by atoms with Gasteiger partial charge < -0.3 is 19.9 Å². The number of ketones is 1. The summed E-state index contributed by atoms with van der Waals surface area (Å²) in [4.78, 5) is 28.6. The lowest BCUT2D eigenvalue weighted by atomic mass is 9.68. The van der Waals surface area contributed by atoms with E-state index in [2.05, 4.69) is 0 Å². The third-order valence-electron chi connectivity index (χ3n) is 6.83. The maximum Gasteiger partial charge on any atom is 0.338 e. The van der Waals surface area contributed by atoms with Gasteiger partial charge in [-0.05, 0) is 53.8 Å². The second-order valence-corrected chi connectivity index (χ2v) is 11.6. The van der Waals surface area contributed by atoms with E-state index in [1.807, 2.05) is 13.8 Å². The van der Waals surface area contributed by atoms with Crippen LogP contribution in [0.15, 0.2) is 70.0 Å². The fourth-order valence-electron chi connectivity index (χ4n) is 5.16. The Labute approximate surface area is 221 Å². The van der Waals surface area contributed by atoms with Gasteiger partial charge in [-0.25, -0.2) is 18.4 Å². The Balaban J connectivity index is 2.02. The van der Waals surface area contributed by atoms with E-state index in [0.29, 0.717) is 40.4 Å². The van der Waals surface area contributed by atoms with Gasteiger partial charge >= 0.3 is 5.97 Å². The number of nitrogens with two attached hydrogens (primary N) is 2. The van der Waals surface area contributed by atoms with Crippen molar-refractivity contribution in [3.63, 3.8) is 0 Å². The van der Waals surface area contributed by atoms with Crippen molar-refractivity contribution >= 4 is 27.5 Å². The van der Waals surface area contributed by atoms with E-state index in [9.17, 15) is 18.0 Å². The predicted octanol–water partition coefficient (Wildman–Crippen LogP) is 2.94. The standard InChI is InChI=1S/C27H31N3O7S/c1-27(2)13-18-23(19(31)14-27)22(15-6-11-20(35-3)21(12-15)36-4)24(26(32)37-5)25(28)30(18)16-7-9-17(10-8-16)38(29,33)34/h6-12,22H,13-14,28H2,1-5H3,(H2,29,33,34)/t22-/m1/s1. The van der Waals surface area contributed by atoms with Crippen LogP contribution in [-0.4, -0.2) is 41.5 Å². The van der Waals surface area contributed by atoms with E-state index in [1.165, 1.54) is 45.6 Å². The Bertz CT molecular complexity index is 1470. The molecule has 0 saturated heterocycles. The molecule has 0 spiro atoms. The molecule has 0 fully saturated rings. The summed E-state index contributed by atoms with van der Waals surface area (Å²) >= 11 is 0. The minimum absolute atomic E-state index is 0.0734. The molecule has 0 amide bonds. The molecule has 0 radical (unpaired) electrons. The number of hydrogen-bond donors (Lipinski definition) is 2. The van der Waals surface area contributed by atoms with Crippen LogP contribution in [0.25, 0.3) is 0 Å². The zero-order valence-corrected chi connectivity index (χ0v) is 22.7. The van der Waals surface area contributed by atoms with Crippen molar-refractivity contribution < 1.29 is 32.2 Å². The number of carbonyl (C=O) groups excluding carboxylic acids is 2. The summed E-state index contributed by atoms with van der Waals surface area (Å²) in [7, 11) is 0.337. The molecule has 2 aliphatic rings. The molecule has 0 unspecified atom stereocenters. The van der Waals surface area contributed by atoms with Crippen LogP contribution in [0.1, 0.15) is 38.2 Å². The van der Waals surface area contributed by atoms with Gasteiger partial charge in [0.2, 0.25) is 10.0 Å². The van der Waals surface area contributed by atoms with Gasteiger partial charge in [0.05, 0.1) is 37.7 Å². The first-order valence-corrected chi connectivity index (χ1v) is 13.4. The lowest BCUT2D eigenvalue weighted by Crippen LogP contribution is -2.43. The highest BCUT2D eigenvalue weighted by molar-refractivity contribution is 7.89. The van der Waals surface area contributed by atoms with Gasteiger partial charge in [0.25, 0.3) is 0 Å². The Kier molecular flexibility index (Phi) is 7.02. The van der Waals surface area contributed by atoms with Crippen LogP contribution < -0.4 is 25.2 Å². The quantitative estimate of drug-likeness (QED) is 0.526. The van der Waals surface area contributed by atoms with Crippen molar-refractivity contribution in [3.05, 3.63) is 70.7 Å². The third-order valence-corrected chi connectivity index (χ3v) is 7.76. The minimum atomic E-state index is -3.92. The van der Waals surface area contributed by atoms with Crippen LogP contribution in [0.2, 0.25) is 0 Å². The summed E-state index contributed by atoms with van der Waals surface area (Å²) in [5, 5.41) is 5.27. The molecule has 1 aliphatic carbocycles. The van der Waals surface area contributed by atoms with Gasteiger partial charge in [0.15, 0.2) is 17.3 Å². The normalized spacial score (nSPS) is 19.3. The number of ether oxygens (including phenoxy) is 3. The highest BCUT2D eigenvalue weighted by Crippen LogP contribution is 2.51. The van der Waals surface area contributed by atoms with Crippen molar-refractivity contribution in [3.8, 4) is 11.5 Å². The molecule has 11 heteroatoms. The van der Waals surface area contributed by atoms with E-state index in [-0.39, 0.29) is 33.9 Å². The van der Waals surface area contributed by atoms with Gasteiger partial charge in [-0.15, -0.1) is 0 Å². The molecule has 1 heterocycles. The minimum Gasteiger partial charge on any atom is -0.493 e. The maximum atomic E-state index is 13.8. The van der Waals surface area contributed by atoms with Crippen molar-refractivity contribution in [1.29, 1.82) is 0 Å². The Hall–Kier alpha value is -3.83. The van der Waals surface area contributed by atoms with Crippen LogP contribution in [0.3, 0.4) is 0 Å². The Morgan fingerprint density at radius 1 is 1.00 bits per heavy atom. The number of sulfonamides is 1. The number of hydrogen-bond acceptors (Lipinski definition) is 9. The fraction of sp³-hybridized carbons (Fsp3) is 0.333. The number of primary sulfonamides is 1. The molecular formula is C27H31N3O7S. The Morgan fingerprint density at radius 2 is 1.63 bits per heavy atom. The van der Waals surface area contributed by atoms with Gasteiger partial charge in [-0.2, -0.15) is 0 Å². The largest absolute Gasteiger partial charge is 0.493 e. The first kappa shape index (κ1) is 27.2. The average molecular weight is 542 g/mol. The van der Waals surface area contributed by atoms with E-state index in [4.69, 9.17) is 25.1 Å². The van der Waals surface area contributed by atoms with Gasteiger partial charge in [-0.1, -0.05) is 19.9 Å². The Morgan fingerprint density at radius 3 is 2.18 bits per heavy atom. The highest BCUT2D eigenvalue weighted by atomic mass is 32.2. The summed E-state index contributed by atoms with van der Waals surface area (Å²) in [6.45, 7) is 3.97. The number of allylic oxidation sites excluding steroid dienone is 2. The molecule has 4 N–H and O–H groups in total. The zero-order chi connectivity index (χ0) is 28.0. The van der Waals surface area contributed by atoms with Crippen molar-refractivity contribution in [2.75, 3.05) is 26.2 Å². The summed E-state index contributed by atoms with van der Waals surface area (Å²) < 4.78 is 39.6. The molecule has 202 valence electrons. The highest BCUT2D eigenvalue weighted by Gasteiger charge is 2.46. The summed E-state index contributed by atoms with van der Waals surface area (Å²) in [6.07, 6.45) is 0.742. The predicted molar refractivity (Wildman–Crippen MR) is 141 cm³/mol. The van der Waals surface area contributed by atoms with Crippen LogP contribution in [-0.2, 0) is 24.3 Å². The lowest BCUT2D eigenvalue weighted by molar-refractivity contribution is -0.136. The first-order chi connectivity index (χ1) is 17.8. The third kappa shape index (κ3) is 4.74. The molecule has 4 rings (SSSR count). The van der Waals surface area contributed by atoms with Crippen LogP contribution >= 0.6 is 0 Å². The van der Waals surface area contributed by atoms with Crippen LogP contribution in [0.4, 0.5) is 5.69 Å². The van der Waals surface area contributed by atoms with Crippen molar-refractivity contribution in [1.82, 2.24) is 0 Å². The molecular weight excluding hydrogens is 510 g/mol. The second kappa shape index (κ2) is 9.80. The number of esters is 1. The summed E-state index contributed by atoms with van der Waals surface area (Å²) in [5.41, 5.74) is 8.53. The number of Topliss-reactive ketones (excluding diaryl/α,β-unsaturated/α-hetero) is 1. The molecule has 0 saturated carbocycles. The van der Waals surface area contributed by atoms with Crippen molar-refractivity contribution in [2.24, 2.45) is 16.3 Å². The van der Waals surface area contributed by atoms with Crippen LogP contribution in [0, 0.1) is 5.41 Å². The van der Waals surface area contributed by atoms with E-state index in [1.54, 1.807) is 23.1 Å². The number of benzene rings is 2. The average Bonchev–Trinajstić information content (AvgIpc) is 2.86. The maximum absolute atomic E-state index is 13.8. The van der Waals surface area contributed by atoms with E-state index in [0.717, 1.165) is 0 Å². The molecule has 2 aromatic carbocycles. The molecule has 0 bridgehead atoms. The molecule has 0 aromatic heterocycles. The number of methoxy groups -OCH3 is 3. The van der Waals surface area contributed by atoms with E-state index < -0.39 is 21.9 Å². The number of anilines is 1. The lowest BCUT2D eigenvalue weighted by Gasteiger charge is -2.44. The van der Waals surface area contributed by atoms with Gasteiger partial charge in [0, 0.05) is 23.4 Å². The topological polar surface area (TPSA) is 151 Å². The van der Waals surface area contributed by atoms with Crippen LogP contribution in [0.5, 0.6) is 11.5 Å². The molecule has 38 heavy (non-hydrogen) atoms. The first-order valence-electron chi connectivity index (χ1n) is 11.8. The second-order valence-electron chi connectivity index (χ2n) is 10.0. The molecule has 1 atom stereocenters. The summed E-state index contributed by atoms with van der Waals surface area (Å²) in [6, 6.07) is 11.0. The monoisotopic (exact) mass is 541 g/mol. The number of carbonyl (C=O) groups is 2. The van der Waals surface area contributed by atoms with Gasteiger partial charge in [-0.3, -0.25) is 9.69 Å². The number of rotatable bonds is 6. The zero-order valence-electron chi connectivity index (χ0n) is 21.9. The van der Waals surface area contributed by atoms with Crippen molar-refractivity contribution in [2.45, 2.75) is 37.5 Å². The SMILES string of the molecule is COC(=O)C1=C(N)N(c2ccc(S(N)(=O)=O)cc2)C2=C(C(=O)CC(C)(C)C2)[C@H]1c1ccc(OC)c(OC)c1. The fourth-order valence-corrected chi connectivity index (χ4v) is 5.68. The number of nitrogens with zero attached hydrogens (tertiary/aromatic N) is 1. The molecule has 10 nitrogen and oxygen atoms in total. The molecule has 1 aliphatic heterocycles. The van der Waals surface area contributed by atoms with E-state index >= 15 is 0 Å².